The highest BCUT2D eigenvalue weighted by molar-refractivity contribution is 6.30. The summed E-state index contributed by atoms with van der Waals surface area (Å²) in [7, 11) is 1.87. The van der Waals surface area contributed by atoms with Crippen LogP contribution >= 0.6 is 11.6 Å². The fourth-order valence-corrected chi connectivity index (χ4v) is 2.48. The number of nitrogens with zero attached hydrogens (tertiary/aromatic N) is 3. The molecule has 2 aromatic rings. The molecule has 110 valence electrons. The van der Waals surface area contributed by atoms with E-state index in [9.17, 15) is 4.79 Å². The summed E-state index contributed by atoms with van der Waals surface area (Å²) in [6.45, 7) is 2.53. The molecule has 0 bridgehead atoms. The monoisotopic (exact) mass is 306 g/mol. The van der Waals surface area contributed by atoms with E-state index in [0.717, 1.165) is 11.4 Å². The number of benzene rings is 1. The number of nitrogens with one attached hydrogen (secondary N) is 1. The summed E-state index contributed by atoms with van der Waals surface area (Å²) < 4.78 is 7.36. The van der Waals surface area contributed by atoms with Gasteiger partial charge in [0, 0.05) is 17.6 Å². The van der Waals surface area contributed by atoms with Crippen molar-refractivity contribution in [2.45, 2.75) is 19.4 Å². The van der Waals surface area contributed by atoms with Crippen LogP contribution in [0.5, 0.6) is 5.75 Å². The van der Waals surface area contributed by atoms with Crippen molar-refractivity contribution in [1.29, 1.82) is 0 Å². The van der Waals surface area contributed by atoms with E-state index in [2.05, 4.69) is 15.5 Å². The number of fused-ring (bicyclic) bond motifs is 1. The molecule has 1 amide bonds. The first-order chi connectivity index (χ1) is 10.1. The van der Waals surface area contributed by atoms with E-state index in [-0.39, 0.29) is 11.8 Å². The number of hydrogen-bond acceptors (Lipinski definition) is 4. The van der Waals surface area contributed by atoms with E-state index in [1.165, 1.54) is 0 Å². The van der Waals surface area contributed by atoms with Crippen molar-refractivity contribution in [3.8, 4) is 5.75 Å². The molecule has 3 rings (SSSR count). The molecule has 0 spiro atoms. The quantitative estimate of drug-likeness (QED) is 0.934. The molecule has 2 heterocycles. The lowest BCUT2D eigenvalue weighted by Gasteiger charge is -2.10. The Labute approximate surface area is 127 Å². The predicted molar refractivity (Wildman–Crippen MR) is 77.3 cm³/mol. The summed E-state index contributed by atoms with van der Waals surface area (Å²) in [5.74, 6) is 1.80. The lowest BCUT2D eigenvalue weighted by molar-refractivity contribution is -0.122. The Bertz CT molecular complexity index is 698. The number of ether oxygens (including phenoxy) is 1. The largest absolute Gasteiger partial charge is 0.492 e. The second kappa shape index (κ2) is 5.37. The third kappa shape index (κ3) is 2.58. The summed E-state index contributed by atoms with van der Waals surface area (Å²) in [4.78, 5) is 12.3. The van der Waals surface area contributed by atoms with E-state index < -0.39 is 0 Å². The highest BCUT2D eigenvalue weighted by Crippen LogP contribution is 2.35. The number of carbonyl (C=O) groups is 1. The van der Waals surface area contributed by atoms with E-state index in [1.54, 1.807) is 18.2 Å². The van der Waals surface area contributed by atoms with Gasteiger partial charge in [-0.15, -0.1) is 10.2 Å². The average molecular weight is 307 g/mol. The smallest absolute Gasteiger partial charge is 0.231 e. The molecule has 0 aliphatic carbocycles. The zero-order chi connectivity index (χ0) is 15.0. The molecule has 7 heteroatoms. The molecular formula is C14H15ClN4O2. The summed E-state index contributed by atoms with van der Waals surface area (Å²) >= 11 is 5.98. The van der Waals surface area contributed by atoms with Gasteiger partial charge in [0.25, 0.3) is 0 Å². The number of hydrogen-bond donors (Lipinski definition) is 1. The van der Waals surface area contributed by atoms with Gasteiger partial charge < -0.3 is 14.6 Å². The minimum atomic E-state index is -0.340. The molecule has 1 unspecified atom stereocenters. The molecule has 0 saturated heterocycles. The maximum absolute atomic E-state index is 12.3. The molecular weight excluding hydrogens is 292 g/mol. The van der Waals surface area contributed by atoms with Crippen molar-refractivity contribution in [3.63, 3.8) is 0 Å². The Morgan fingerprint density at radius 3 is 3.05 bits per heavy atom. The molecule has 1 N–H and O–H groups in total. The molecule has 0 saturated carbocycles. The Morgan fingerprint density at radius 1 is 1.52 bits per heavy atom. The van der Waals surface area contributed by atoms with Crippen LogP contribution in [0, 0.1) is 6.92 Å². The Morgan fingerprint density at radius 2 is 2.33 bits per heavy atom. The molecule has 21 heavy (non-hydrogen) atoms. The fraction of sp³-hybridized carbons (Fsp3) is 0.357. The van der Waals surface area contributed by atoms with Crippen LogP contribution in [0.25, 0.3) is 0 Å². The zero-order valence-electron chi connectivity index (χ0n) is 11.8. The summed E-state index contributed by atoms with van der Waals surface area (Å²) in [5, 5.41) is 11.4. The number of aromatic nitrogens is 3. The van der Waals surface area contributed by atoms with E-state index >= 15 is 0 Å². The van der Waals surface area contributed by atoms with Gasteiger partial charge in [0.05, 0.1) is 6.54 Å². The molecule has 0 radical (unpaired) electrons. The van der Waals surface area contributed by atoms with Crippen LogP contribution in [0.15, 0.2) is 18.2 Å². The lowest BCUT2D eigenvalue weighted by atomic mass is 10.0. The average Bonchev–Trinajstić information content (AvgIpc) is 3.01. The maximum atomic E-state index is 12.3. The summed E-state index contributed by atoms with van der Waals surface area (Å²) in [5.41, 5.74) is 0.828. The third-order valence-corrected chi connectivity index (χ3v) is 3.91. The van der Waals surface area contributed by atoms with Crippen LogP contribution in [0.1, 0.15) is 23.1 Å². The van der Waals surface area contributed by atoms with Crippen molar-refractivity contribution in [1.82, 2.24) is 20.1 Å². The molecule has 6 nitrogen and oxygen atoms in total. The van der Waals surface area contributed by atoms with E-state index in [4.69, 9.17) is 16.3 Å². The summed E-state index contributed by atoms with van der Waals surface area (Å²) in [6.07, 6.45) is 0. The molecule has 1 aromatic carbocycles. The first-order valence-corrected chi connectivity index (χ1v) is 6.99. The second-order valence-corrected chi connectivity index (χ2v) is 5.42. The van der Waals surface area contributed by atoms with Crippen molar-refractivity contribution in [2.24, 2.45) is 7.05 Å². The highest BCUT2D eigenvalue weighted by Gasteiger charge is 2.30. The van der Waals surface area contributed by atoms with Crippen LogP contribution in [0.2, 0.25) is 5.02 Å². The number of halogens is 1. The van der Waals surface area contributed by atoms with E-state index in [1.807, 2.05) is 18.5 Å². The molecule has 1 aromatic heterocycles. The first kappa shape index (κ1) is 13.9. The molecule has 1 aliphatic rings. The third-order valence-electron chi connectivity index (χ3n) is 3.67. The van der Waals surface area contributed by atoms with Crippen molar-refractivity contribution in [3.05, 3.63) is 40.4 Å². The van der Waals surface area contributed by atoms with Gasteiger partial charge in [0.2, 0.25) is 5.91 Å². The zero-order valence-corrected chi connectivity index (χ0v) is 12.5. The Hall–Kier alpha value is -2.08. The number of aryl methyl sites for hydroxylation is 1. The van der Waals surface area contributed by atoms with Gasteiger partial charge in [0.1, 0.15) is 24.1 Å². The van der Waals surface area contributed by atoms with Gasteiger partial charge in [0.15, 0.2) is 5.82 Å². The first-order valence-electron chi connectivity index (χ1n) is 6.61. The molecule has 1 aliphatic heterocycles. The topological polar surface area (TPSA) is 69.0 Å². The lowest BCUT2D eigenvalue weighted by Crippen LogP contribution is -2.30. The Balaban J connectivity index is 1.70. The van der Waals surface area contributed by atoms with Crippen molar-refractivity contribution in [2.75, 3.05) is 6.61 Å². The summed E-state index contributed by atoms with van der Waals surface area (Å²) in [6, 6.07) is 5.32. The van der Waals surface area contributed by atoms with Crippen LogP contribution in [0.3, 0.4) is 0 Å². The molecule has 1 atom stereocenters. The van der Waals surface area contributed by atoms with Gasteiger partial charge >= 0.3 is 0 Å². The maximum Gasteiger partial charge on any atom is 0.231 e. The number of rotatable bonds is 3. The van der Waals surface area contributed by atoms with Crippen molar-refractivity contribution < 1.29 is 9.53 Å². The van der Waals surface area contributed by atoms with Crippen LogP contribution < -0.4 is 10.1 Å². The molecule has 0 fully saturated rings. The van der Waals surface area contributed by atoms with Gasteiger partial charge in [-0.05, 0) is 25.1 Å². The number of carbonyl (C=O) groups excluding carboxylic acids is 1. The van der Waals surface area contributed by atoms with Gasteiger partial charge in [-0.2, -0.15) is 0 Å². The standard InChI is InChI=1S/C14H15ClN4O2/c1-8-17-18-13(19(8)2)6-16-14(20)11-7-21-12-4-3-9(15)5-10(11)12/h3-5,11H,6-7H2,1-2H3,(H,16,20). The van der Waals surface area contributed by atoms with E-state index in [0.29, 0.717) is 29.7 Å². The van der Waals surface area contributed by atoms with Crippen LogP contribution in [0.4, 0.5) is 0 Å². The fourth-order valence-electron chi connectivity index (χ4n) is 2.30. The SMILES string of the molecule is Cc1nnc(CNC(=O)C2COc3ccc(Cl)cc32)n1C. The number of amides is 1. The van der Waals surface area contributed by atoms with Gasteiger partial charge in [-0.25, -0.2) is 0 Å². The second-order valence-electron chi connectivity index (χ2n) is 4.99. The normalized spacial score (nSPS) is 16.4. The predicted octanol–water partition coefficient (Wildman–Crippen LogP) is 1.57. The highest BCUT2D eigenvalue weighted by atomic mass is 35.5. The van der Waals surface area contributed by atoms with Crippen molar-refractivity contribution >= 4 is 17.5 Å². The minimum Gasteiger partial charge on any atom is -0.492 e. The van der Waals surface area contributed by atoms with Gasteiger partial charge in [-0.3, -0.25) is 4.79 Å². The van der Waals surface area contributed by atoms with Crippen LogP contribution in [-0.2, 0) is 18.4 Å². The Kier molecular flexibility index (Phi) is 3.55. The van der Waals surface area contributed by atoms with Gasteiger partial charge in [-0.1, -0.05) is 11.6 Å². The van der Waals surface area contributed by atoms with Crippen LogP contribution in [-0.4, -0.2) is 27.3 Å². The minimum absolute atomic E-state index is 0.100.